The van der Waals surface area contributed by atoms with Crippen LogP contribution >= 0.6 is 0 Å². The Bertz CT molecular complexity index is 896. The molecule has 0 unspecified atom stereocenters. The molecule has 2 aromatic rings. The topological polar surface area (TPSA) is 74.7 Å². The number of aliphatic hydroxyl groups excluding tert-OH is 1. The zero-order valence-electron chi connectivity index (χ0n) is 16.0. The lowest BCUT2D eigenvalue weighted by Crippen LogP contribution is -2.46. The molecular formula is C22H25N3O3. The lowest BCUT2D eigenvalue weighted by atomic mass is 9.92. The Morgan fingerprint density at radius 2 is 2.11 bits per heavy atom. The van der Waals surface area contributed by atoms with E-state index in [1.165, 1.54) is 0 Å². The first kappa shape index (κ1) is 18.5. The predicted molar refractivity (Wildman–Crippen MR) is 107 cm³/mol. The van der Waals surface area contributed by atoms with E-state index in [1.54, 1.807) is 12.4 Å². The molecule has 6 nitrogen and oxygen atoms in total. The van der Waals surface area contributed by atoms with Gasteiger partial charge in [0.05, 0.1) is 24.0 Å². The van der Waals surface area contributed by atoms with Crippen molar-refractivity contribution in [3.8, 4) is 5.75 Å². The van der Waals surface area contributed by atoms with Crippen molar-refractivity contribution >= 4 is 11.6 Å². The summed E-state index contributed by atoms with van der Waals surface area (Å²) in [4.78, 5) is 19.1. The molecule has 146 valence electrons. The van der Waals surface area contributed by atoms with Crippen LogP contribution in [0.4, 0.5) is 5.69 Å². The Balaban J connectivity index is 1.57. The van der Waals surface area contributed by atoms with Gasteiger partial charge in [-0.2, -0.15) is 0 Å². The number of hydrogen-bond donors (Lipinski definition) is 2. The smallest absolute Gasteiger partial charge is 0.288 e. The number of ether oxygens (including phenoxy) is 1. The number of aliphatic hydroxyl groups is 1. The van der Waals surface area contributed by atoms with E-state index in [1.807, 2.05) is 48.2 Å². The van der Waals surface area contributed by atoms with Crippen molar-refractivity contribution in [3.63, 3.8) is 0 Å². The number of rotatable bonds is 4. The highest BCUT2D eigenvalue weighted by Crippen LogP contribution is 2.35. The Morgan fingerprint density at radius 3 is 2.93 bits per heavy atom. The van der Waals surface area contributed by atoms with E-state index in [-0.39, 0.29) is 17.7 Å². The van der Waals surface area contributed by atoms with Crippen LogP contribution in [0.1, 0.15) is 36.9 Å². The molecule has 1 fully saturated rings. The van der Waals surface area contributed by atoms with E-state index in [0.717, 1.165) is 42.6 Å². The average Bonchev–Trinajstić information content (AvgIpc) is 2.69. The highest BCUT2D eigenvalue weighted by molar-refractivity contribution is 5.93. The minimum Gasteiger partial charge on any atom is -0.448 e. The molecule has 1 saturated carbocycles. The standard InChI is InChI=1S/C22H25N3O3/c1-15-12-16(10-11-23-15)13-25-14-21(28-20-9-5-3-7-18(20)25)22(27)24-17-6-2-4-8-19(17)26/h3,5,7,9-12,14,17,19,26H,2,4,6,8,13H2,1H3,(H,24,27)/t17-,19-/m0/s1. The zero-order valence-corrected chi connectivity index (χ0v) is 16.0. The second-order valence-corrected chi connectivity index (χ2v) is 7.43. The Hall–Kier alpha value is -2.86. The van der Waals surface area contributed by atoms with Crippen molar-refractivity contribution in [2.75, 3.05) is 4.90 Å². The van der Waals surface area contributed by atoms with Crippen molar-refractivity contribution in [1.82, 2.24) is 10.3 Å². The number of anilines is 1. The lowest BCUT2D eigenvalue weighted by Gasteiger charge is -2.31. The molecule has 4 rings (SSSR count). The molecule has 0 bridgehead atoms. The first-order valence-electron chi connectivity index (χ1n) is 9.76. The van der Waals surface area contributed by atoms with Crippen LogP contribution < -0.4 is 15.0 Å². The largest absolute Gasteiger partial charge is 0.448 e. The number of para-hydroxylation sites is 2. The first-order valence-corrected chi connectivity index (χ1v) is 9.76. The molecule has 2 heterocycles. The van der Waals surface area contributed by atoms with Crippen LogP contribution in [-0.4, -0.2) is 28.1 Å². The van der Waals surface area contributed by atoms with E-state index in [4.69, 9.17) is 4.74 Å². The quantitative estimate of drug-likeness (QED) is 0.854. The summed E-state index contributed by atoms with van der Waals surface area (Å²) in [6, 6.07) is 11.4. The third-order valence-electron chi connectivity index (χ3n) is 5.25. The summed E-state index contributed by atoms with van der Waals surface area (Å²) in [5.74, 6) is 0.587. The van der Waals surface area contributed by atoms with Crippen LogP contribution in [0, 0.1) is 6.92 Å². The number of amides is 1. The summed E-state index contributed by atoms with van der Waals surface area (Å²) in [5.41, 5.74) is 2.96. The summed E-state index contributed by atoms with van der Waals surface area (Å²) in [6.45, 7) is 2.56. The van der Waals surface area contributed by atoms with Gasteiger partial charge in [-0.05, 0) is 49.6 Å². The molecule has 1 aromatic heterocycles. The molecule has 6 heteroatoms. The maximum absolute atomic E-state index is 12.8. The normalized spacial score (nSPS) is 21.4. The molecule has 2 atom stereocenters. The fourth-order valence-corrected chi connectivity index (χ4v) is 3.79. The number of carbonyl (C=O) groups is 1. The number of hydrogen-bond acceptors (Lipinski definition) is 5. The Morgan fingerprint density at radius 1 is 1.29 bits per heavy atom. The number of nitrogens with zero attached hydrogens (tertiary/aromatic N) is 2. The van der Waals surface area contributed by atoms with E-state index >= 15 is 0 Å². The molecule has 0 radical (unpaired) electrons. The fraction of sp³-hybridized carbons (Fsp3) is 0.364. The van der Waals surface area contributed by atoms with Crippen LogP contribution in [-0.2, 0) is 11.3 Å². The van der Waals surface area contributed by atoms with Gasteiger partial charge in [-0.3, -0.25) is 9.78 Å². The SMILES string of the molecule is Cc1cc(CN2C=C(C(=O)N[C@H]3CCCC[C@@H]3O)Oc3ccccc32)ccn1. The van der Waals surface area contributed by atoms with Gasteiger partial charge in [0.1, 0.15) is 0 Å². The van der Waals surface area contributed by atoms with Crippen LogP contribution in [0.25, 0.3) is 0 Å². The van der Waals surface area contributed by atoms with Crippen LogP contribution in [0.3, 0.4) is 0 Å². The summed E-state index contributed by atoms with van der Waals surface area (Å²) in [7, 11) is 0. The zero-order chi connectivity index (χ0) is 19.5. The second-order valence-electron chi connectivity index (χ2n) is 7.43. The minimum absolute atomic E-state index is 0.223. The van der Waals surface area contributed by atoms with Crippen molar-refractivity contribution in [2.24, 2.45) is 0 Å². The number of nitrogens with one attached hydrogen (secondary N) is 1. The van der Waals surface area contributed by atoms with Crippen LogP contribution in [0.5, 0.6) is 5.75 Å². The summed E-state index contributed by atoms with van der Waals surface area (Å²) < 4.78 is 5.88. The van der Waals surface area contributed by atoms with E-state index < -0.39 is 6.10 Å². The number of aromatic nitrogens is 1. The van der Waals surface area contributed by atoms with Gasteiger partial charge < -0.3 is 20.1 Å². The molecule has 0 saturated heterocycles. The highest BCUT2D eigenvalue weighted by Gasteiger charge is 2.29. The molecule has 0 spiro atoms. The maximum atomic E-state index is 12.8. The molecule has 1 aromatic carbocycles. The number of pyridine rings is 1. The fourth-order valence-electron chi connectivity index (χ4n) is 3.79. The maximum Gasteiger partial charge on any atom is 0.288 e. The monoisotopic (exact) mass is 379 g/mol. The van der Waals surface area contributed by atoms with Gasteiger partial charge in [-0.1, -0.05) is 25.0 Å². The summed E-state index contributed by atoms with van der Waals surface area (Å²) in [5, 5.41) is 13.1. The van der Waals surface area contributed by atoms with E-state index in [9.17, 15) is 9.90 Å². The van der Waals surface area contributed by atoms with Gasteiger partial charge in [0.2, 0.25) is 5.76 Å². The van der Waals surface area contributed by atoms with Crippen molar-refractivity contribution in [1.29, 1.82) is 0 Å². The molecule has 28 heavy (non-hydrogen) atoms. The van der Waals surface area contributed by atoms with Crippen LogP contribution in [0.15, 0.2) is 54.6 Å². The highest BCUT2D eigenvalue weighted by atomic mass is 16.5. The third-order valence-corrected chi connectivity index (χ3v) is 5.25. The van der Waals surface area contributed by atoms with Gasteiger partial charge in [-0.15, -0.1) is 0 Å². The number of benzene rings is 1. The van der Waals surface area contributed by atoms with Crippen molar-refractivity contribution < 1.29 is 14.6 Å². The molecule has 2 aliphatic rings. The molecule has 2 N–H and O–H groups in total. The predicted octanol–water partition coefficient (Wildman–Crippen LogP) is 3.05. The second kappa shape index (κ2) is 8.02. The van der Waals surface area contributed by atoms with E-state index in [2.05, 4.69) is 10.3 Å². The summed E-state index contributed by atoms with van der Waals surface area (Å²) >= 11 is 0. The molecular weight excluding hydrogens is 354 g/mol. The van der Waals surface area contributed by atoms with Gasteiger partial charge in [-0.25, -0.2) is 0 Å². The van der Waals surface area contributed by atoms with Gasteiger partial charge in [0.25, 0.3) is 5.91 Å². The molecule has 1 amide bonds. The number of carbonyl (C=O) groups excluding carboxylic acids is 1. The number of fused-ring (bicyclic) bond motifs is 1. The van der Waals surface area contributed by atoms with Gasteiger partial charge in [0.15, 0.2) is 5.75 Å². The van der Waals surface area contributed by atoms with Crippen molar-refractivity contribution in [3.05, 3.63) is 65.8 Å². The Kier molecular flexibility index (Phi) is 5.30. The molecule has 1 aliphatic carbocycles. The van der Waals surface area contributed by atoms with Gasteiger partial charge in [0, 0.05) is 18.4 Å². The lowest BCUT2D eigenvalue weighted by molar-refractivity contribution is -0.121. The summed E-state index contributed by atoms with van der Waals surface area (Å²) in [6.07, 6.45) is 6.56. The number of aryl methyl sites for hydroxylation is 1. The average molecular weight is 379 g/mol. The Labute approximate surface area is 164 Å². The third kappa shape index (κ3) is 4.02. The minimum atomic E-state index is -0.495. The van der Waals surface area contributed by atoms with Gasteiger partial charge >= 0.3 is 0 Å². The van der Waals surface area contributed by atoms with E-state index in [0.29, 0.717) is 12.3 Å². The van der Waals surface area contributed by atoms with Crippen molar-refractivity contribution in [2.45, 2.75) is 51.3 Å². The van der Waals surface area contributed by atoms with Crippen LogP contribution in [0.2, 0.25) is 0 Å². The first-order chi connectivity index (χ1) is 13.6. The molecule has 1 aliphatic heterocycles.